The average Bonchev–Trinajstić information content (AvgIpc) is 2.93. The van der Waals surface area contributed by atoms with E-state index < -0.39 is 0 Å². The maximum absolute atomic E-state index is 12.5. The van der Waals surface area contributed by atoms with Crippen LogP contribution < -0.4 is 10.5 Å². The van der Waals surface area contributed by atoms with Gasteiger partial charge >= 0.3 is 0 Å². The van der Waals surface area contributed by atoms with Gasteiger partial charge in [0.25, 0.3) is 0 Å². The monoisotopic (exact) mass is 322 g/mol. The van der Waals surface area contributed by atoms with Crippen LogP contribution in [0, 0.1) is 0 Å². The number of nitrogens with zero attached hydrogens (tertiary/aromatic N) is 1. The maximum atomic E-state index is 12.5. The third-order valence-electron chi connectivity index (χ3n) is 4.40. The second-order valence-corrected chi connectivity index (χ2v) is 6.92. The van der Waals surface area contributed by atoms with E-state index in [4.69, 9.17) is 10.5 Å². The first-order valence-corrected chi connectivity index (χ1v) is 9.15. The van der Waals surface area contributed by atoms with Gasteiger partial charge in [0.1, 0.15) is 5.75 Å². The number of thioether (sulfide) groups is 1. The average molecular weight is 322 g/mol. The van der Waals surface area contributed by atoms with Gasteiger partial charge in [0.2, 0.25) is 5.91 Å². The van der Waals surface area contributed by atoms with Gasteiger partial charge in [-0.1, -0.05) is 12.1 Å². The highest BCUT2D eigenvalue weighted by atomic mass is 32.2. The van der Waals surface area contributed by atoms with Crippen LogP contribution in [0.4, 0.5) is 0 Å². The fourth-order valence-electron chi connectivity index (χ4n) is 3.04. The molecule has 1 aliphatic heterocycles. The lowest BCUT2D eigenvalue weighted by atomic mass is 9.97. The zero-order valence-electron chi connectivity index (χ0n) is 13.6. The van der Waals surface area contributed by atoms with Crippen molar-refractivity contribution in [3.63, 3.8) is 0 Å². The third-order valence-corrected chi connectivity index (χ3v) is 5.04. The molecule has 1 aromatic rings. The number of hydrogen-bond acceptors (Lipinski definition) is 4. The van der Waals surface area contributed by atoms with E-state index in [0.717, 1.165) is 30.9 Å². The molecule has 5 heteroatoms. The Labute approximate surface area is 137 Å². The molecule has 2 N–H and O–H groups in total. The Bertz CT molecular complexity index is 492. The van der Waals surface area contributed by atoms with E-state index in [0.29, 0.717) is 5.92 Å². The number of likely N-dealkylation sites (tertiary alicyclic amines) is 1. The highest BCUT2D eigenvalue weighted by molar-refractivity contribution is 7.98. The summed E-state index contributed by atoms with van der Waals surface area (Å²) in [5, 5.41) is 0. The van der Waals surface area contributed by atoms with Crippen molar-refractivity contribution in [3.05, 3.63) is 29.8 Å². The minimum absolute atomic E-state index is 0.0950. The molecule has 3 atom stereocenters. The number of methoxy groups -OCH3 is 1. The number of carbonyl (C=O) groups excluding carboxylic acids is 1. The molecule has 1 amide bonds. The number of benzene rings is 1. The Morgan fingerprint density at radius 1 is 1.45 bits per heavy atom. The quantitative estimate of drug-likeness (QED) is 0.874. The number of rotatable bonds is 6. The van der Waals surface area contributed by atoms with Crippen molar-refractivity contribution in [2.45, 2.75) is 37.8 Å². The normalized spacial score (nSPS) is 22.6. The van der Waals surface area contributed by atoms with Crippen LogP contribution in [0.3, 0.4) is 0 Å². The molecule has 1 fully saturated rings. The Kier molecular flexibility index (Phi) is 6.15. The summed E-state index contributed by atoms with van der Waals surface area (Å²) in [5.41, 5.74) is 7.31. The molecule has 122 valence electrons. The Balaban J connectivity index is 2.00. The Hall–Kier alpha value is -1.20. The van der Waals surface area contributed by atoms with Crippen LogP contribution in [0.25, 0.3) is 0 Å². The first-order chi connectivity index (χ1) is 10.6. The molecule has 1 heterocycles. The summed E-state index contributed by atoms with van der Waals surface area (Å²) in [7, 11) is 1.67. The third kappa shape index (κ3) is 3.96. The SMILES string of the molecule is COc1ccc([C@@H]2C[C@H](C)N(C(=O)[C@H](N)CCSC)C2)cc1. The zero-order valence-corrected chi connectivity index (χ0v) is 14.4. The van der Waals surface area contributed by atoms with Crippen LogP contribution >= 0.6 is 11.8 Å². The van der Waals surface area contributed by atoms with Crippen molar-refractivity contribution in [1.82, 2.24) is 4.90 Å². The molecule has 1 aliphatic rings. The van der Waals surface area contributed by atoms with Crippen LogP contribution in [0.5, 0.6) is 5.75 Å². The van der Waals surface area contributed by atoms with E-state index in [9.17, 15) is 4.79 Å². The van der Waals surface area contributed by atoms with Crippen LogP contribution in [0.2, 0.25) is 0 Å². The minimum atomic E-state index is -0.371. The van der Waals surface area contributed by atoms with Gasteiger partial charge < -0.3 is 15.4 Å². The highest BCUT2D eigenvalue weighted by Gasteiger charge is 2.34. The summed E-state index contributed by atoms with van der Waals surface area (Å²) in [5.74, 6) is 2.27. The standard InChI is InChI=1S/C17H26N2O2S/c1-12-10-14(13-4-6-15(21-2)7-5-13)11-19(12)17(20)16(18)8-9-22-3/h4-7,12,14,16H,8-11,18H2,1-3H3/t12-,14+,16+/m0/s1. The summed E-state index contributed by atoms with van der Waals surface area (Å²) in [4.78, 5) is 14.5. The fourth-order valence-corrected chi connectivity index (χ4v) is 3.53. The van der Waals surface area contributed by atoms with Crippen molar-refractivity contribution in [3.8, 4) is 5.75 Å². The lowest BCUT2D eigenvalue weighted by Crippen LogP contribution is -2.45. The Morgan fingerprint density at radius 3 is 2.73 bits per heavy atom. The Morgan fingerprint density at radius 2 is 2.14 bits per heavy atom. The predicted octanol–water partition coefficient (Wildman–Crippen LogP) is 2.48. The zero-order chi connectivity index (χ0) is 16.1. The number of hydrogen-bond donors (Lipinski definition) is 1. The summed E-state index contributed by atoms with van der Waals surface area (Å²) in [6.45, 7) is 2.88. The molecule has 1 saturated heterocycles. The predicted molar refractivity (Wildman–Crippen MR) is 92.5 cm³/mol. The molecule has 0 bridgehead atoms. The summed E-state index contributed by atoms with van der Waals surface area (Å²) in [6.07, 6.45) is 3.78. The first kappa shape index (κ1) is 17.2. The van der Waals surface area contributed by atoms with Crippen molar-refractivity contribution in [2.24, 2.45) is 5.73 Å². The molecule has 0 unspecified atom stereocenters. The second kappa shape index (κ2) is 7.88. The van der Waals surface area contributed by atoms with Crippen molar-refractivity contribution in [1.29, 1.82) is 0 Å². The van der Waals surface area contributed by atoms with E-state index in [1.807, 2.05) is 23.3 Å². The molecule has 2 rings (SSSR count). The van der Waals surface area contributed by atoms with Crippen LogP contribution in [0.1, 0.15) is 31.2 Å². The molecular weight excluding hydrogens is 296 g/mol. The molecule has 0 aromatic heterocycles. The lowest BCUT2D eigenvalue weighted by molar-refractivity contribution is -0.133. The summed E-state index contributed by atoms with van der Waals surface area (Å²) < 4.78 is 5.20. The van der Waals surface area contributed by atoms with Crippen molar-refractivity contribution >= 4 is 17.7 Å². The molecule has 1 aromatic carbocycles. The fraction of sp³-hybridized carbons (Fsp3) is 0.588. The first-order valence-electron chi connectivity index (χ1n) is 7.75. The van der Waals surface area contributed by atoms with Gasteiger partial charge in [-0.2, -0.15) is 11.8 Å². The van der Waals surface area contributed by atoms with E-state index in [1.54, 1.807) is 18.9 Å². The maximum Gasteiger partial charge on any atom is 0.239 e. The van der Waals surface area contributed by atoms with E-state index in [1.165, 1.54) is 5.56 Å². The summed E-state index contributed by atoms with van der Waals surface area (Å²) >= 11 is 1.73. The lowest BCUT2D eigenvalue weighted by Gasteiger charge is -2.25. The smallest absolute Gasteiger partial charge is 0.239 e. The molecule has 4 nitrogen and oxygen atoms in total. The van der Waals surface area contributed by atoms with Gasteiger partial charge in [-0.25, -0.2) is 0 Å². The van der Waals surface area contributed by atoms with Gasteiger partial charge in [-0.05, 0) is 49.5 Å². The molecular formula is C17H26N2O2S. The number of ether oxygens (including phenoxy) is 1. The molecule has 0 spiro atoms. The van der Waals surface area contributed by atoms with Gasteiger partial charge in [0.05, 0.1) is 13.2 Å². The number of carbonyl (C=O) groups is 1. The summed E-state index contributed by atoms with van der Waals surface area (Å²) in [6, 6.07) is 8.03. The topological polar surface area (TPSA) is 55.6 Å². The largest absolute Gasteiger partial charge is 0.497 e. The molecule has 22 heavy (non-hydrogen) atoms. The van der Waals surface area contributed by atoms with E-state index >= 15 is 0 Å². The molecule has 0 saturated carbocycles. The van der Waals surface area contributed by atoms with Crippen molar-refractivity contribution < 1.29 is 9.53 Å². The van der Waals surface area contributed by atoms with Gasteiger partial charge in [0.15, 0.2) is 0 Å². The molecule has 0 radical (unpaired) electrons. The second-order valence-electron chi connectivity index (χ2n) is 5.93. The highest BCUT2D eigenvalue weighted by Crippen LogP contribution is 2.32. The van der Waals surface area contributed by atoms with Gasteiger partial charge in [-0.15, -0.1) is 0 Å². The molecule has 0 aliphatic carbocycles. The van der Waals surface area contributed by atoms with Crippen LogP contribution in [-0.2, 0) is 4.79 Å². The number of amides is 1. The van der Waals surface area contributed by atoms with Gasteiger partial charge in [-0.3, -0.25) is 4.79 Å². The van der Waals surface area contributed by atoms with E-state index in [-0.39, 0.29) is 18.0 Å². The number of nitrogens with two attached hydrogens (primary N) is 1. The van der Waals surface area contributed by atoms with E-state index in [2.05, 4.69) is 19.1 Å². The van der Waals surface area contributed by atoms with Crippen LogP contribution in [-0.4, -0.2) is 48.6 Å². The van der Waals surface area contributed by atoms with Gasteiger partial charge in [0, 0.05) is 18.5 Å². The van der Waals surface area contributed by atoms with Crippen LogP contribution in [0.15, 0.2) is 24.3 Å². The minimum Gasteiger partial charge on any atom is -0.497 e. The van der Waals surface area contributed by atoms with Crippen molar-refractivity contribution in [2.75, 3.05) is 25.7 Å².